The predicted molar refractivity (Wildman–Crippen MR) is 56.9 cm³/mol. The van der Waals surface area contributed by atoms with Crippen molar-refractivity contribution in [1.82, 2.24) is 0 Å². The first-order valence-corrected chi connectivity index (χ1v) is 6.70. The molecule has 0 atom stereocenters. The van der Waals surface area contributed by atoms with Crippen molar-refractivity contribution in [2.75, 3.05) is 11.0 Å². The molecule has 0 unspecified atom stereocenters. The molecule has 0 spiro atoms. The third-order valence-electron chi connectivity index (χ3n) is 1.55. The molecule has 0 radical (unpaired) electrons. The van der Waals surface area contributed by atoms with Crippen molar-refractivity contribution in [3.05, 3.63) is 15.8 Å². The molecule has 5 heteroatoms. The van der Waals surface area contributed by atoms with Crippen molar-refractivity contribution in [2.24, 2.45) is 0 Å². The minimum atomic E-state index is -3.14. The van der Waals surface area contributed by atoms with Crippen LogP contribution in [0.15, 0.2) is 6.07 Å². The molecule has 0 aliphatic heterocycles. The predicted octanol–water partition coefficient (Wildman–Crippen LogP) is 1.99. The number of aryl methyl sites for hydroxylation is 2. The van der Waals surface area contributed by atoms with Crippen LogP contribution in [0.2, 0.25) is 0 Å². The number of hydrogen-bond donors (Lipinski definition) is 1. The molecule has 1 N–H and O–H groups in total. The summed E-state index contributed by atoms with van der Waals surface area (Å²) >= 11 is 1.63. The highest BCUT2D eigenvalue weighted by atomic mass is 32.2. The fourth-order valence-corrected chi connectivity index (χ4v) is 2.69. The zero-order chi connectivity index (χ0) is 10.1. The standard InChI is InChI=1S/C8H13NO2S2/c1-4-8-7(5-6(2)12-8)9-13(3,10)11/h5,9H,4H2,1-3H3. The van der Waals surface area contributed by atoms with Gasteiger partial charge in [0.1, 0.15) is 0 Å². The van der Waals surface area contributed by atoms with Crippen molar-refractivity contribution in [3.8, 4) is 0 Å². The van der Waals surface area contributed by atoms with E-state index in [2.05, 4.69) is 4.72 Å². The van der Waals surface area contributed by atoms with Crippen LogP contribution in [0.5, 0.6) is 0 Å². The van der Waals surface area contributed by atoms with E-state index in [0.29, 0.717) is 0 Å². The largest absolute Gasteiger partial charge is 0.283 e. The van der Waals surface area contributed by atoms with Gasteiger partial charge in [0.05, 0.1) is 11.9 Å². The zero-order valence-corrected chi connectivity index (χ0v) is 9.55. The molecule has 0 saturated heterocycles. The van der Waals surface area contributed by atoms with E-state index in [-0.39, 0.29) is 0 Å². The Bertz CT molecular complexity index is 392. The average molecular weight is 219 g/mol. The Balaban J connectivity index is 3.00. The lowest BCUT2D eigenvalue weighted by Gasteiger charge is -2.02. The van der Waals surface area contributed by atoms with Gasteiger partial charge in [-0.25, -0.2) is 8.42 Å². The maximum absolute atomic E-state index is 11.0. The van der Waals surface area contributed by atoms with Gasteiger partial charge in [-0.05, 0) is 19.4 Å². The van der Waals surface area contributed by atoms with Gasteiger partial charge >= 0.3 is 0 Å². The summed E-state index contributed by atoms with van der Waals surface area (Å²) in [5, 5.41) is 0. The van der Waals surface area contributed by atoms with E-state index in [4.69, 9.17) is 0 Å². The molecule has 13 heavy (non-hydrogen) atoms. The minimum absolute atomic E-state index is 0.729. The van der Waals surface area contributed by atoms with Gasteiger partial charge in [0.2, 0.25) is 10.0 Å². The molecule has 0 aromatic carbocycles. The van der Waals surface area contributed by atoms with Gasteiger partial charge in [-0.2, -0.15) is 0 Å². The Hall–Kier alpha value is -0.550. The summed E-state index contributed by atoms with van der Waals surface area (Å²) in [6, 6.07) is 1.87. The summed E-state index contributed by atoms with van der Waals surface area (Å²) in [7, 11) is -3.14. The Morgan fingerprint density at radius 1 is 1.54 bits per heavy atom. The molecular formula is C8H13NO2S2. The van der Waals surface area contributed by atoms with E-state index in [1.54, 1.807) is 11.3 Å². The summed E-state index contributed by atoms with van der Waals surface area (Å²) in [6.45, 7) is 3.98. The van der Waals surface area contributed by atoms with Gasteiger partial charge in [0, 0.05) is 9.75 Å². The zero-order valence-electron chi connectivity index (χ0n) is 7.92. The number of sulfonamides is 1. The highest BCUT2D eigenvalue weighted by Gasteiger charge is 2.08. The van der Waals surface area contributed by atoms with E-state index in [1.807, 2.05) is 19.9 Å². The first kappa shape index (κ1) is 10.5. The highest BCUT2D eigenvalue weighted by molar-refractivity contribution is 7.92. The van der Waals surface area contributed by atoms with E-state index in [1.165, 1.54) is 6.26 Å². The van der Waals surface area contributed by atoms with Crippen molar-refractivity contribution in [3.63, 3.8) is 0 Å². The summed E-state index contributed by atoms with van der Waals surface area (Å²) in [4.78, 5) is 2.21. The molecule has 0 aliphatic rings. The molecule has 0 fully saturated rings. The second-order valence-electron chi connectivity index (χ2n) is 2.92. The van der Waals surface area contributed by atoms with Crippen LogP contribution in [0.4, 0.5) is 5.69 Å². The molecule has 74 valence electrons. The monoisotopic (exact) mass is 219 g/mol. The third-order valence-corrected chi connectivity index (χ3v) is 3.33. The van der Waals surface area contributed by atoms with Gasteiger partial charge in [-0.3, -0.25) is 4.72 Å². The second-order valence-corrected chi connectivity index (χ2v) is 6.01. The molecule has 0 bridgehead atoms. The van der Waals surface area contributed by atoms with E-state index >= 15 is 0 Å². The normalized spacial score (nSPS) is 11.6. The lowest BCUT2D eigenvalue weighted by atomic mass is 10.3. The summed E-state index contributed by atoms with van der Waals surface area (Å²) in [5.74, 6) is 0. The minimum Gasteiger partial charge on any atom is -0.283 e. The quantitative estimate of drug-likeness (QED) is 0.845. The first-order valence-electron chi connectivity index (χ1n) is 3.99. The second kappa shape index (κ2) is 3.67. The topological polar surface area (TPSA) is 46.2 Å². The molecule has 1 aromatic heterocycles. The lowest BCUT2D eigenvalue weighted by Crippen LogP contribution is -2.09. The van der Waals surface area contributed by atoms with Crippen molar-refractivity contribution in [2.45, 2.75) is 20.3 Å². The fraction of sp³-hybridized carbons (Fsp3) is 0.500. The highest BCUT2D eigenvalue weighted by Crippen LogP contribution is 2.27. The molecule has 0 amide bonds. The molecule has 1 aromatic rings. The van der Waals surface area contributed by atoms with Gasteiger partial charge < -0.3 is 0 Å². The number of thiophene rings is 1. The Kier molecular flexibility index (Phi) is 2.98. The fourth-order valence-electron chi connectivity index (χ4n) is 1.11. The van der Waals surface area contributed by atoms with E-state index in [9.17, 15) is 8.42 Å². The number of anilines is 1. The molecule has 0 aliphatic carbocycles. The first-order chi connectivity index (χ1) is 5.92. The van der Waals surface area contributed by atoms with Crippen molar-refractivity contribution >= 4 is 27.0 Å². The van der Waals surface area contributed by atoms with Crippen LogP contribution >= 0.6 is 11.3 Å². The molecule has 1 heterocycles. The van der Waals surface area contributed by atoms with Gasteiger partial charge in [0.25, 0.3) is 0 Å². The average Bonchev–Trinajstić information content (AvgIpc) is 2.27. The number of nitrogens with one attached hydrogen (secondary N) is 1. The van der Waals surface area contributed by atoms with Gasteiger partial charge in [-0.15, -0.1) is 11.3 Å². The maximum Gasteiger partial charge on any atom is 0.229 e. The van der Waals surface area contributed by atoms with Crippen LogP contribution in [0.1, 0.15) is 16.7 Å². The van der Waals surface area contributed by atoms with E-state index < -0.39 is 10.0 Å². The molecular weight excluding hydrogens is 206 g/mol. The third kappa shape index (κ3) is 3.00. The maximum atomic E-state index is 11.0. The summed E-state index contributed by atoms with van der Waals surface area (Å²) < 4.78 is 24.4. The summed E-state index contributed by atoms with van der Waals surface area (Å²) in [6.07, 6.45) is 2.02. The van der Waals surface area contributed by atoms with Crippen LogP contribution in [0.25, 0.3) is 0 Å². The Labute approximate surface area is 82.8 Å². The van der Waals surface area contributed by atoms with Crippen LogP contribution in [0, 0.1) is 6.92 Å². The molecule has 3 nitrogen and oxygen atoms in total. The summed E-state index contributed by atoms with van der Waals surface area (Å²) in [5.41, 5.74) is 0.729. The number of rotatable bonds is 3. The molecule has 1 rings (SSSR count). The van der Waals surface area contributed by atoms with Gasteiger partial charge in [-0.1, -0.05) is 6.92 Å². The lowest BCUT2D eigenvalue weighted by molar-refractivity contribution is 0.607. The van der Waals surface area contributed by atoms with Crippen LogP contribution in [-0.2, 0) is 16.4 Å². The van der Waals surface area contributed by atoms with Crippen LogP contribution in [-0.4, -0.2) is 14.7 Å². The van der Waals surface area contributed by atoms with Crippen molar-refractivity contribution < 1.29 is 8.42 Å². The Morgan fingerprint density at radius 3 is 2.62 bits per heavy atom. The molecule has 0 saturated carbocycles. The van der Waals surface area contributed by atoms with Crippen molar-refractivity contribution in [1.29, 1.82) is 0 Å². The van der Waals surface area contributed by atoms with Crippen LogP contribution < -0.4 is 4.72 Å². The number of hydrogen-bond acceptors (Lipinski definition) is 3. The SMILES string of the molecule is CCc1sc(C)cc1NS(C)(=O)=O. The Morgan fingerprint density at radius 2 is 2.15 bits per heavy atom. The van der Waals surface area contributed by atoms with Gasteiger partial charge in [0.15, 0.2) is 0 Å². The van der Waals surface area contributed by atoms with E-state index in [0.717, 1.165) is 21.9 Å². The smallest absolute Gasteiger partial charge is 0.229 e. The van der Waals surface area contributed by atoms with Crippen LogP contribution in [0.3, 0.4) is 0 Å².